The number of hydrogen-bond donors (Lipinski definition) is 3. The fourth-order valence-corrected chi connectivity index (χ4v) is 1.27. The lowest BCUT2D eigenvalue weighted by atomic mass is 10.3. The Morgan fingerprint density at radius 3 is 2.68 bits per heavy atom. The molecule has 1 aromatic carbocycles. The largest absolute Gasteiger partial charge is 0.385 e. The molecule has 0 saturated heterocycles. The van der Waals surface area contributed by atoms with E-state index in [4.69, 9.17) is 10.6 Å². The Hall–Kier alpha value is -1.80. The number of guanidine groups is 1. The number of halogens is 3. The molecule has 106 valence electrons. The van der Waals surface area contributed by atoms with Crippen molar-refractivity contribution in [3.05, 3.63) is 29.6 Å². The van der Waals surface area contributed by atoms with Crippen LogP contribution in [0.4, 0.5) is 18.9 Å². The maximum atomic E-state index is 13.4. The number of hydrazine groups is 1. The van der Waals surface area contributed by atoms with Gasteiger partial charge in [0.25, 0.3) is 0 Å². The molecule has 0 atom stereocenters. The maximum absolute atomic E-state index is 13.4. The number of benzene rings is 1. The highest BCUT2D eigenvalue weighted by Gasteiger charge is 2.14. The molecule has 0 spiro atoms. The van der Waals surface area contributed by atoms with E-state index in [2.05, 4.69) is 15.7 Å². The minimum atomic E-state index is -1.55. The quantitative estimate of drug-likeness (QED) is 0.190. The third kappa shape index (κ3) is 4.42. The van der Waals surface area contributed by atoms with Crippen molar-refractivity contribution in [2.24, 2.45) is 10.8 Å². The van der Waals surface area contributed by atoms with Crippen LogP contribution < -0.4 is 16.6 Å². The highest BCUT2D eigenvalue weighted by atomic mass is 19.2. The van der Waals surface area contributed by atoms with Crippen molar-refractivity contribution in [2.75, 3.05) is 25.6 Å². The summed E-state index contributed by atoms with van der Waals surface area (Å²) in [5.41, 5.74) is 1.94. The van der Waals surface area contributed by atoms with Crippen LogP contribution >= 0.6 is 0 Å². The number of aliphatic imine (C=N–C) groups is 1. The Balaban J connectivity index is 2.73. The molecule has 0 bridgehead atoms. The minimum absolute atomic E-state index is 0.0426. The highest BCUT2D eigenvalue weighted by molar-refractivity contribution is 5.93. The summed E-state index contributed by atoms with van der Waals surface area (Å²) in [7, 11) is 1.56. The molecular formula is C11H15F3N4O. The zero-order valence-electron chi connectivity index (χ0n) is 10.3. The van der Waals surface area contributed by atoms with Crippen molar-refractivity contribution in [1.82, 2.24) is 5.43 Å². The molecule has 0 aliphatic heterocycles. The van der Waals surface area contributed by atoms with E-state index in [1.54, 1.807) is 7.11 Å². The molecule has 0 aromatic heterocycles. The molecule has 0 aliphatic carbocycles. The Kier molecular flexibility index (Phi) is 6.10. The van der Waals surface area contributed by atoms with E-state index in [0.29, 0.717) is 19.6 Å². The van der Waals surface area contributed by atoms with Gasteiger partial charge in [-0.2, -0.15) is 0 Å². The second-order valence-corrected chi connectivity index (χ2v) is 3.57. The SMILES string of the molecule is COCCCN=C(NN)Nc1ccc(F)c(F)c1F. The molecule has 0 aliphatic rings. The Morgan fingerprint density at radius 1 is 1.32 bits per heavy atom. The van der Waals surface area contributed by atoms with E-state index in [1.807, 2.05) is 0 Å². The average molecular weight is 276 g/mol. The third-order valence-corrected chi connectivity index (χ3v) is 2.20. The van der Waals surface area contributed by atoms with E-state index < -0.39 is 17.5 Å². The zero-order valence-corrected chi connectivity index (χ0v) is 10.3. The first kappa shape index (κ1) is 15.3. The summed E-state index contributed by atoms with van der Waals surface area (Å²) < 4.78 is 44.0. The van der Waals surface area contributed by atoms with E-state index in [9.17, 15) is 13.2 Å². The van der Waals surface area contributed by atoms with Crippen molar-refractivity contribution in [3.8, 4) is 0 Å². The Labute approximate surface area is 108 Å². The monoisotopic (exact) mass is 276 g/mol. The molecule has 19 heavy (non-hydrogen) atoms. The molecular weight excluding hydrogens is 261 g/mol. The van der Waals surface area contributed by atoms with Crippen molar-refractivity contribution in [2.45, 2.75) is 6.42 Å². The summed E-state index contributed by atoms with van der Waals surface area (Å²) in [5, 5.41) is 2.43. The van der Waals surface area contributed by atoms with E-state index >= 15 is 0 Å². The summed E-state index contributed by atoms with van der Waals surface area (Å²) in [5.74, 6) is 1.08. The number of anilines is 1. The molecule has 4 N–H and O–H groups in total. The molecule has 1 rings (SSSR count). The summed E-state index contributed by atoms with van der Waals surface area (Å²) in [6, 6.07) is 1.86. The number of nitrogens with zero attached hydrogens (tertiary/aromatic N) is 1. The van der Waals surface area contributed by atoms with E-state index in [-0.39, 0.29) is 11.6 Å². The predicted octanol–water partition coefficient (Wildman–Crippen LogP) is 1.37. The Morgan fingerprint density at radius 2 is 2.05 bits per heavy atom. The fourth-order valence-electron chi connectivity index (χ4n) is 1.27. The van der Waals surface area contributed by atoms with Crippen molar-refractivity contribution in [1.29, 1.82) is 0 Å². The number of methoxy groups -OCH3 is 1. The minimum Gasteiger partial charge on any atom is -0.385 e. The number of rotatable bonds is 5. The standard InChI is InChI=1S/C11H15F3N4O/c1-19-6-2-5-16-11(18-15)17-8-4-3-7(12)9(13)10(8)14/h3-4H,2,5-6,15H2,1H3,(H2,16,17,18). The van der Waals surface area contributed by atoms with Gasteiger partial charge in [0.1, 0.15) is 0 Å². The molecule has 8 heteroatoms. The van der Waals surface area contributed by atoms with Crippen LogP contribution in [0.3, 0.4) is 0 Å². The lowest BCUT2D eigenvalue weighted by Crippen LogP contribution is -2.36. The van der Waals surface area contributed by atoms with Crippen molar-refractivity contribution in [3.63, 3.8) is 0 Å². The third-order valence-electron chi connectivity index (χ3n) is 2.20. The Bertz CT molecular complexity index is 454. The van der Waals surface area contributed by atoms with Crippen LogP contribution in [0.5, 0.6) is 0 Å². The van der Waals surface area contributed by atoms with Gasteiger partial charge >= 0.3 is 0 Å². The smallest absolute Gasteiger partial charge is 0.210 e. The van der Waals surface area contributed by atoms with Gasteiger partial charge in [0.15, 0.2) is 17.5 Å². The maximum Gasteiger partial charge on any atom is 0.210 e. The molecule has 1 aromatic rings. The second-order valence-electron chi connectivity index (χ2n) is 3.57. The molecule has 0 saturated carbocycles. The van der Waals surface area contributed by atoms with Gasteiger partial charge in [0.2, 0.25) is 5.96 Å². The van der Waals surface area contributed by atoms with Gasteiger partial charge in [-0.15, -0.1) is 0 Å². The topological polar surface area (TPSA) is 71.7 Å². The fraction of sp³-hybridized carbons (Fsp3) is 0.364. The number of ether oxygens (including phenoxy) is 1. The van der Waals surface area contributed by atoms with Crippen molar-refractivity contribution < 1.29 is 17.9 Å². The summed E-state index contributed by atoms with van der Waals surface area (Å²) in [6.07, 6.45) is 0.642. The van der Waals surface area contributed by atoms with Crippen LogP contribution in [0.2, 0.25) is 0 Å². The van der Waals surface area contributed by atoms with Crippen molar-refractivity contribution >= 4 is 11.6 Å². The van der Waals surface area contributed by atoms with Crippen LogP contribution in [0.1, 0.15) is 6.42 Å². The molecule has 0 amide bonds. The lowest BCUT2D eigenvalue weighted by Gasteiger charge is -2.10. The molecule has 0 unspecified atom stereocenters. The number of nitrogens with one attached hydrogen (secondary N) is 2. The van der Waals surface area contributed by atoms with Crippen LogP contribution in [0.25, 0.3) is 0 Å². The second kappa shape index (κ2) is 7.59. The van der Waals surface area contributed by atoms with Gasteiger partial charge in [0, 0.05) is 20.3 Å². The lowest BCUT2D eigenvalue weighted by molar-refractivity contribution is 0.197. The molecule has 0 heterocycles. The zero-order chi connectivity index (χ0) is 14.3. The van der Waals surface area contributed by atoms with Gasteiger partial charge in [-0.05, 0) is 18.6 Å². The summed E-state index contributed by atoms with van der Waals surface area (Å²) in [4.78, 5) is 3.97. The van der Waals surface area contributed by atoms with Gasteiger partial charge in [-0.25, -0.2) is 19.0 Å². The first-order chi connectivity index (χ1) is 9.10. The molecule has 5 nitrogen and oxygen atoms in total. The van der Waals surface area contributed by atoms with Crippen LogP contribution in [-0.4, -0.2) is 26.2 Å². The normalized spacial score (nSPS) is 11.5. The highest BCUT2D eigenvalue weighted by Crippen LogP contribution is 2.19. The van der Waals surface area contributed by atoms with Crippen LogP contribution in [0.15, 0.2) is 17.1 Å². The van der Waals surface area contributed by atoms with Gasteiger partial charge < -0.3 is 10.1 Å². The molecule has 0 fully saturated rings. The number of hydrogen-bond acceptors (Lipinski definition) is 3. The average Bonchev–Trinajstić information content (AvgIpc) is 2.42. The molecule has 0 radical (unpaired) electrons. The predicted molar refractivity (Wildman–Crippen MR) is 66.1 cm³/mol. The van der Waals surface area contributed by atoms with Crippen LogP contribution in [0, 0.1) is 17.5 Å². The number of nitrogens with two attached hydrogens (primary N) is 1. The first-order valence-corrected chi connectivity index (χ1v) is 5.50. The summed E-state index contributed by atoms with van der Waals surface area (Å²) in [6.45, 7) is 0.895. The van der Waals surface area contributed by atoms with E-state index in [1.165, 1.54) is 0 Å². The van der Waals surface area contributed by atoms with E-state index in [0.717, 1.165) is 12.1 Å². The van der Waals surface area contributed by atoms with Gasteiger partial charge in [0.05, 0.1) is 5.69 Å². The van der Waals surface area contributed by atoms with Gasteiger partial charge in [-0.1, -0.05) is 0 Å². The van der Waals surface area contributed by atoms with Crippen LogP contribution in [-0.2, 0) is 4.74 Å². The summed E-state index contributed by atoms with van der Waals surface area (Å²) >= 11 is 0. The first-order valence-electron chi connectivity index (χ1n) is 5.50. The van der Waals surface area contributed by atoms with Gasteiger partial charge in [-0.3, -0.25) is 10.4 Å².